The van der Waals surface area contributed by atoms with Gasteiger partial charge in [0.15, 0.2) is 0 Å². The summed E-state index contributed by atoms with van der Waals surface area (Å²) in [6.07, 6.45) is 2.85. The standard InChI is InChI=1S/C12H16ClNO/c1-3-4-7-14-9-10-8-11(13)5-6-12(10)15-2/h3,5-6,8,14H,1,4,7,9H2,2H3. The molecule has 2 nitrogen and oxygen atoms in total. The van der Waals surface area contributed by atoms with E-state index in [0.29, 0.717) is 0 Å². The summed E-state index contributed by atoms with van der Waals surface area (Å²) in [6.45, 7) is 5.34. The molecule has 82 valence electrons. The van der Waals surface area contributed by atoms with Gasteiger partial charge in [-0.15, -0.1) is 6.58 Å². The Morgan fingerprint density at radius 2 is 2.33 bits per heavy atom. The van der Waals surface area contributed by atoms with Crippen LogP contribution < -0.4 is 10.1 Å². The summed E-state index contributed by atoms with van der Waals surface area (Å²) in [5.74, 6) is 0.866. The zero-order valence-electron chi connectivity index (χ0n) is 8.92. The van der Waals surface area contributed by atoms with Gasteiger partial charge in [0.1, 0.15) is 5.75 Å². The van der Waals surface area contributed by atoms with Crippen LogP contribution in [-0.2, 0) is 6.54 Å². The summed E-state index contributed by atoms with van der Waals surface area (Å²) in [5, 5.41) is 4.03. The predicted octanol–water partition coefficient (Wildman–Crippen LogP) is 3.01. The van der Waals surface area contributed by atoms with E-state index in [1.807, 2.05) is 24.3 Å². The van der Waals surface area contributed by atoms with Crippen molar-refractivity contribution in [1.29, 1.82) is 0 Å². The molecular weight excluding hydrogens is 210 g/mol. The highest BCUT2D eigenvalue weighted by Crippen LogP contribution is 2.22. The molecule has 0 aromatic heterocycles. The molecule has 15 heavy (non-hydrogen) atoms. The van der Waals surface area contributed by atoms with Crippen LogP contribution >= 0.6 is 11.6 Å². The van der Waals surface area contributed by atoms with E-state index in [9.17, 15) is 0 Å². The summed E-state index contributed by atoms with van der Waals surface area (Å²) in [6, 6.07) is 5.63. The minimum absolute atomic E-state index is 0.733. The third-order valence-corrected chi connectivity index (χ3v) is 2.32. The number of hydrogen-bond donors (Lipinski definition) is 1. The first kappa shape index (κ1) is 12.1. The molecule has 1 N–H and O–H groups in total. The fourth-order valence-electron chi connectivity index (χ4n) is 1.31. The van der Waals surface area contributed by atoms with Crippen LogP contribution in [0.3, 0.4) is 0 Å². The Bertz CT molecular complexity index is 325. The van der Waals surface area contributed by atoms with Crippen LogP contribution in [0.5, 0.6) is 5.75 Å². The molecule has 0 saturated heterocycles. The molecule has 0 aliphatic rings. The SMILES string of the molecule is C=CCCNCc1cc(Cl)ccc1OC. The first-order valence-corrected chi connectivity index (χ1v) is 5.29. The molecule has 1 rings (SSSR count). The lowest BCUT2D eigenvalue weighted by molar-refractivity contribution is 0.408. The van der Waals surface area contributed by atoms with Crippen molar-refractivity contribution in [3.05, 3.63) is 41.4 Å². The van der Waals surface area contributed by atoms with Gasteiger partial charge < -0.3 is 10.1 Å². The van der Waals surface area contributed by atoms with Crippen molar-refractivity contribution in [1.82, 2.24) is 5.32 Å². The Morgan fingerprint density at radius 3 is 3.00 bits per heavy atom. The highest BCUT2D eigenvalue weighted by molar-refractivity contribution is 6.30. The number of hydrogen-bond acceptors (Lipinski definition) is 2. The lowest BCUT2D eigenvalue weighted by Gasteiger charge is -2.09. The zero-order valence-corrected chi connectivity index (χ0v) is 9.68. The third-order valence-electron chi connectivity index (χ3n) is 2.08. The molecule has 1 aromatic carbocycles. The summed E-state index contributed by atoms with van der Waals surface area (Å²) in [4.78, 5) is 0. The molecule has 3 heteroatoms. The molecule has 0 aliphatic carbocycles. The monoisotopic (exact) mass is 225 g/mol. The average molecular weight is 226 g/mol. The fraction of sp³-hybridized carbons (Fsp3) is 0.333. The predicted molar refractivity (Wildman–Crippen MR) is 64.5 cm³/mol. The molecule has 0 spiro atoms. The van der Waals surface area contributed by atoms with E-state index in [4.69, 9.17) is 16.3 Å². The van der Waals surface area contributed by atoms with E-state index >= 15 is 0 Å². The molecule has 0 radical (unpaired) electrons. The maximum atomic E-state index is 5.91. The molecule has 0 fully saturated rings. The van der Waals surface area contributed by atoms with Crippen LogP contribution in [0.25, 0.3) is 0 Å². The molecule has 0 unspecified atom stereocenters. The van der Waals surface area contributed by atoms with Crippen LogP contribution in [0.4, 0.5) is 0 Å². The topological polar surface area (TPSA) is 21.3 Å². The third kappa shape index (κ3) is 3.94. The van der Waals surface area contributed by atoms with E-state index in [2.05, 4.69) is 11.9 Å². The summed E-state index contributed by atoms with van der Waals surface area (Å²) in [7, 11) is 1.66. The van der Waals surface area contributed by atoms with Gasteiger partial charge in [-0.25, -0.2) is 0 Å². The number of nitrogens with one attached hydrogen (secondary N) is 1. The second-order valence-electron chi connectivity index (χ2n) is 3.21. The van der Waals surface area contributed by atoms with Gasteiger partial charge in [0.05, 0.1) is 7.11 Å². The molecule has 0 atom stereocenters. The van der Waals surface area contributed by atoms with Gasteiger partial charge in [-0.3, -0.25) is 0 Å². The van der Waals surface area contributed by atoms with Crippen molar-refractivity contribution in [2.45, 2.75) is 13.0 Å². The number of benzene rings is 1. The van der Waals surface area contributed by atoms with Gasteiger partial charge in [-0.1, -0.05) is 17.7 Å². The molecular formula is C12H16ClNO. The highest BCUT2D eigenvalue weighted by Gasteiger charge is 2.02. The molecule has 0 heterocycles. The molecule has 0 amide bonds. The molecule has 0 saturated carbocycles. The van der Waals surface area contributed by atoms with E-state index in [1.54, 1.807) is 7.11 Å². The smallest absolute Gasteiger partial charge is 0.123 e. The van der Waals surface area contributed by atoms with Gasteiger partial charge in [0.25, 0.3) is 0 Å². The van der Waals surface area contributed by atoms with E-state index in [-0.39, 0.29) is 0 Å². The van der Waals surface area contributed by atoms with Crippen molar-refractivity contribution in [2.24, 2.45) is 0 Å². The van der Waals surface area contributed by atoms with Gasteiger partial charge in [-0.2, -0.15) is 0 Å². The molecule has 0 aliphatic heterocycles. The van der Waals surface area contributed by atoms with Crippen molar-refractivity contribution >= 4 is 11.6 Å². The van der Waals surface area contributed by atoms with Crippen molar-refractivity contribution < 1.29 is 4.74 Å². The minimum Gasteiger partial charge on any atom is -0.496 e. The van der Waals surface area contributed by atoms with E-state index in [1.165, 1.54) is 0 Å². The Labute approximate surface area is 95.9 Å². The number of methoxy groups -OCH3 is 1. The average Bonchev–Trinajstić information content (AvgIpc) is 2.25. The highest BCUT2D eigenvalue weighted by atomic mass is 35.5. The fourth-order valence-corrected chi connectivity index (χ4v) is 1.51. The van der Waals surface area contributed by atoms with Crippen LogP contribution in [-0.4, -0.2) is 13.7 Å². The van der Waals surface area contributed by atoms with E-state index in [0.717, 1.165) is 35.8 Å². The maximum absolute atomic E-state index is 5.91. The lowest BCUT2D eigenvalue weighted by Crippen LogP contribution is -2.14. The van der Waals surface area contributed by atoms with Crippen LogP contribution in [0.2, 0.25) is 5.02 Å². The van der Waals surface area contributed by atoms with Crippen molar-refractivity contribution in [3.8, 4) is 5.75 Å². The van der Waals surface area contributed by atoms with Crippen LogP contribution in [0, 0.1) is 0 Å². The van der Waals surface area contributed by atoms with Gasteiger partial charge in [0, 0.05) is 17.1 Å². The summed E-state index contributed by atoms with van der Waals surface area (Å²) >= 11 is 5.91. The maximum Gasteiger partial charge on any atom is 0.123 e. The van der Waals surface area contributed by atoms with E-state index < -0.39 is 0 Å². The van der Waals surface area contributed by atoms with Crippen molar-refractivity contribution in [3.63, 3.8) is 0 Å². The summed E-state index contributed by atoms with van der Waals surface area (Å²) < 4.78 is 5.24. The second kappa shape index (κ2) is 6.49. The van der Waals surface area contributed by atoms with Crippen LogP contribution in [0.1, 0.15) is 12.0 Å². The Hall–Kier alpha value is -0.990. The first-order chi connectivity index (χ1) is 7.27. The normalized spacial score (nSPS) is 10.0. The van der Waals surface area contributed by atoms with Gasteiger partial charge in [0.2, 0.25) is 0 Å². The number of halogens is 1. The second-order valence-corrected chi connectivity index (χ2v) is 3.65. The largest absolute Gasteiger partial charge is 0.496 e. The van der Waals surface area contributed by atoms with Crippen LogP contribution in [0.15, 0.2) is 30.9 Å². The van der Waals surface area contributed by atoms with Crippen molar-refractivity contribution in [2.75, 3.05) is 13.7 Å². The lowest BCUT2D eigenvalue weighted by atomic mass is 10.2. The molecule has 1 aromatic rings. The first-order valence-electron chi connectivity index (χ1n) is 4.92. The Kier molecular flexibility index (Phi) is 5.22. The zero-order chi connectivity index (χ0) is 11.1. The van der Waals surface area contributed by atoms with Gasteiger partial charge in [-0.05, 0) is 31.2 Å². The number of rotatable bonds is 6. The molecule has 0 bridgehead atoms. The van der Waals surface area contributed by atoms with Gasteiger partial charge >= 0.3 is 0 Å². The Morgan fingerprint density at radius 1 is 1.53 bits per heavy atom. The summed E-state index contributed by atoms with van der Waals surface area (Å²) in [5.41, 5.74) is 1.08. The Balaban J connectivity index is 2.57. The number of ether oxygens (including phenoxy) is 1. The minimum atomic E-state index is 0.733. The quantitative estimate of drug-likeness (QED) is 0.594.